The summed E-state index contributed by atoms with van der Waals surface area (Å²) in [6.07, 6.45) is 7.59. The molecule has 0 radical (unpaired) electrons. The van der Waals surface area contributed by atoms with Crippen LogP contribution in [0.4, 0.5) is 14.6 Å². The number of nitrogens with two attached hydrogens (primary N) is 2. The van der Waals surface area contributed by atoms with Crippen LogP contribution in [0.25, 0.3) is 0 Å². The first kappa shape index (κ1) is 22.5. The Morgan fingerprint density at radius 3 is 2.65 bits per heavy atom. The van der Waals surface area contributed by atoms with Crippen molar-refractivity contribution < 1.29 is 13.6 Å². The van der Waals surface area contributed by atoms with E-state index < -0.39 is 23.0 Å². The minimum Gasteiger partial charge on any atom is -0.386 e. The first-order chi connectivity index (χ1) is 14.9. The molecule has 1 aromatic heterocycles. The second-order valence-corrected chi connectivity index (χ2v) is 7.78. The number of halogens is 2. The van der Waals surface area contributed by atoms with Gasteiger partial charge in [0.25, 0.3) is 5.91 Å². The van der Waals surface area contributed by atoms with Crippen molar-refractivity contribution in [3.8, 4) is 0 Å². The lowest BCUT2D eigenvalue weighted by Crippen LogP contribution is -2.50. The molecule has 31 heavy (non-hydrogen) atoms. The standard InChI is InChI=1S/C22H28F2N6O/c1-2-3-4-18(25)30-11-7-22(8-12-30,16-13-15(23)5-6-17(16)24)14-29-21(31)19-20(26)28-10-9-27-19/h4-6,9-10,13H,2-3,7-8,11-12,14,25H2,1H3,(H2,26,28)(H,29,31)/b18-4+. The van der Waals surface area contributed by atoms with Gasteiger partial charge in [0.15, 0.2) is 11.5 Å². The molecular weight excluding hydrogens is 402 g/mol. The summed E-state index contributed by atoms with van der Waals surface area (Å²) >= 11 is 0. The van der Waals surface area contributed by atoms with Crippen molar-refractivity contribution in [2.24, 2.45) is 5.73 Å². The molecule has 0 spiro atoms. The molecule has 0 atom stereocenters. The first-order valence-corrected chi connectivity index (χ1v) is 10.4. The highest BCUT2D eigenvalue weighted by Gasteiger charge is 2.39. The number of amides is 1. The molecule has 0 saturated carbocycles. The predicted molar refractivity (Wildman–Crippen MR) is 115 cm³/mol. The van der Waals surface area contributed by atoms with E-state index in [9.17, 15) is 13.6 Å². The Morgan fingerprint density at radius 1 is 1.26 bits per heavy atom. The molecule has 0 bridgehead atoms. The highest BCUT2D eigenvalue weighted by molar-refractivity contribution is 5.96. The van der Waals surface area contributed by atoms with Gasteiger partial charge >= 0.3 is 0 Å². The van der Waals surface area contributed by atoms with Crippen LogP contribution in [0.15, 0.2) is 42.5 Å². The minimum atomic E-state index is -0.791. The molecule has 1 aliphatic heterocycles. The molecular formula is C22H28F2N6O. The Morgan fingerprint density at radius 2 is 1.97 bits per heavy atom. The molecule has 5 N–H and O–H groups in total. The zero-order chi connectivity index (χ0) is 22.4. The molecule has 1 fully saturated rings. The van der Waals surface area contributed by atoms with Gasteiger partial charge in [-0.2, -0.15) is 0 Å². The number of aromatic nitrogens is 2. The number of nitrogen functional groups attached to an aromatic ring is 1. The van der Waals surface area contributed by atoms with Gasteiger partial charge in [-0.25, -0.2) is 18.7 Å². The number of carbonyl (C=O) groups excluding carboxylic acids is 1. The van der Waals surface area contributed by atoms with Crippen molar-refractivity contribution in [1.82, 2.24) is 20.2 Å². The van der Waals surface area contributed by atoms with Crippen LogP contribution in [0, 0.1) is 11.6 Å². The van der Waals surface area contributed by atoms with Gasteiger partial charge in [-0.15, -0.1) is 0 Å². The number of hydrogen-bond donors (Lipinski definition) is 3. The van der Waals surface area contributed by atoms with Crippen molar-refractivity contribution >= 4 is 11.7 Å². The summed E-state index contributed by atoms with van der Waals surface area (Å²) < 4.78 is 28.8. The normalized spacial score (nSPS) is 16.2. The van der Waals surface area contributed by atoms with E-state index in [-0.39, 0.29) is 23.6 Å². The number of piperidine rings is 1. The average Bonchev–Trinajstić information content (AvgIpc) is 2.78. The lowest BCUT2D eigenvalue weighted by Gasteiger charge is -2.43. The smallest absolute Gasteiger partial charge is 0.273 e. The Hall–Kier alpha value is -3.23. The van der Waals surface area contributed by atoms with Crippen molar-refractivity contribution in [2.75, 3.05) is 25.4 Å². The number of unbranched alkanes of at least 4 members (excludes halogenated alkanes) is 1. The zero-order valence-corrected chi connectivity index (χ0v) is 17.6. The number of carbonyl (C=O) groups is 1. The van der Waals surface area contributed by atoms with Crippen LogP contribution in [0.1, 0.15) is 48.7 Å². The van der Waals surface area contributed by atoms with Crippen LogP contribution in [-0.2, 0) is 5.41 Å². The second-order valence-electron chi connectivity index (χ2n) is 7.78. The van der Waals surface area contributed by atoms with Gasteiger partial charge in [0.2, 0.25) is 0 Å². The fraction of sp³-hybridized carbons (Fsp3) is 0.409. The third-order valence-corrected chi connectivity index (χ3v) is 5.76. The number of likely N-dealkylation sites (tertiary alicyclic amines) is 1. The number of anilines is 1. The van der Waals surface area contributed by atoms with E-state index >= 15 is 0 Å². The summed E-state index contributed by atoms with van der Waals surface area (Å²) in [5, 5.41) is 2.80. The molecule has 1 saturated heterocycles. The zero-order valence-electron chi connectivity index (χ0n) is 17.6. The molecule has 7 nitrogen and oxygen atoms in total. The van der Waals surface area contributed by atoms with E-state index in [0.717, 1.165) is 25.0 Å². The molecule has 2 heterocycles. The van der Waals surface area contributed by atoms with Gasteiger partial charge in [0.1, 0.15) is 11.6 Å². The van der Waals surface area contributed by atoms with Gasteiger partial charge in [0, 0.05) is 37.4 Å². The summed E-state index contributed by atoms with van der Waals surface area (Å²) in [4.78, 5) is 22.5. The van der Waals surface area contributed by atoms with E-state index in [0.29, 0.717) is 31.8 Å². The highest BCUT2D eigenvalue weighted by atomic mass is 19.1. The Balaban J connectivity index is 1.84. The molecule has 0 aliphatic carbocycles. The fourth-order valence-electron chi connectivity index (χ4n) is 3.92. The number of rotatable bonds is 7. The van der Waals surface area contributed by atoms with Crippen molar-refractivity contribution in [3.05, 3.63) is 65.4 Å². The number of allylic oxidation sites excluding steroid dienone is 1. The Kier molecular flexibility index (Phi) is 7.04. The van der Waals surface area contributed by atoms with Crippen LogP contribution in [0.2, 0.25) is 0 Å². The summed E-state index contributed by atoms with van der Waals surface area (Å²) in [6, 6.07) is 3.42. The summed E-state index contributed by atoms with van der Waals surface area (Å²) in [5.41, 5.74) is 11.4. The monoisotopic (exact) mass is 430 g/mol. The van der Waals surface area contributed by atoms with Gasteiger partial charge in [-0.1, -0.05) is 13.3 Å². The van der Waals surface area contributed by atoms with Crippen LogP contribution < -0.4 is 16.8 Å². The van der Waals surface area contributed by atoms with E-state index in [4.69, 9.17) is 11.5 Å². The van der Waals surface area contributed by atoms with E-state index in [1.807, 2.05) is 11.0 Å². The second kappa shape index (κ2) is 9.72. The SMILES string of the molecule is CCC/C=C(\N)N1CCC(CNC(=O)c2nccnc2N)(c2cc(F)ccc2F)CC1. The fourth-order valence-corrected chi connectivity index (χ4v) is 3.92. The summed E-state index contributed by atoms with van der Waals surface area (Å²) in [7, 11) is 0. The first-order valence-electron chi connectivity index (χ1n) is 10.4. The van der Waals surface area contributed by atoms with Gasteiger partial charge in [-0.3, -0.25) is 4.79 Å². The Bertz CT molecular complexity index is 957. The number of nitrogens with one attached hydrogen (secondary N) is 1. The molecule has 3 rings (SSSR count). The molecule has 166 valence electrons. The van der Waals surface area contributed by atoms with Crippen LogP contribution in [0.5, 0.6) is 0 Å². The molecule has 1 aromatic carbocycles. The van der Waals surface area contributed by atoms with Crippen molar-refractivity contribution in [1.29, 1.82) is 0 Å². The topological polar surface area (TPSA) is 110 Å². The molecule has 1 aliphatic rings. The minimum absolute atomic E-state index is 0.00143. The molecule has 2 aromatic rings. The van der Waals surface area contributed by atoms with Crippen LogP contribution >= 0.6 is 0 Å². The third-order valence-electron chi connectivity index (χ3n) is 5.76. The number of hydrogen-bond acceptors (Lipinski definition) is 6. The summed E-state index contributed by atoms with van der Waals surface area (Å²) in [5.74, 6) is -0.838. The average molecular weight is 431 g/mol. The highest BCUT2D eigenvalue weighted by Crippen LogP contribution is 2.37. The van der Waals surface area contributed by atoms with Crippen molar-refractivity contribution in [3.63, 3.8) is 0 Å². The number of nitrogens with zero attached hydrogens (tertiary/aromatic N) is 3. The maximum absolute atomic E-state index is 14.8. The van der Waals surface area contributed by atoms with E-state index in [1.165, 1.54) is 18.5 Å². The van der Waals surface area contributed by atoms with Crippen LogP contribution in [0.3, 0.4) is 0 Å². The molecule has 9 heteroatoms. The molecule has 0 unspecified atom stereocenters. The van der Waals surface area contributed by atoms with Gasteiger partial charge < -0.3 is 21.7 Å². The predicted octanol–water partition coefficient (Wildman–Crippen LogP) is 2.70. The maximum Gasteiger partial charge on any atom is 0.273 e. The van der Waals surface area contributed by atoms with Gasteiger partial charge in [-0.05, 0) is 49.1 Å². The van der Waals surface area contributed by atoms with Crippen LogP contribution in [-0.4, -0.2) is 40.4 Å². The molecule has 1 amide bonds. The third kappa shape index (κ3) is 5.10. The largest absolute Gasteiger partial charge is 0.386 e. The number of benzene rings is 1. The lowest BCUT2D eigenvalue weighted by molar-refractivity contribution is 0.0922. The maximum atomic E-state index is 14.8. The quantitative estimate of drug-likeness (QED) is 0.623. The van der Waals surface area contributed by atoms with Gasteiger partial charge in [0.05, 0.1) is 5.82 Å². The lowest BCUT2D eigenvalue weighted by atomic mass is 9.72. The summed E-state index contributed by atoms with van der Waals surface area (Å²) in [6.45, 7) is 3.30. The van der Waals surface area contributed by atoms with E-state index in [2.05, 4.69) is 22.2 Å². The van der Waals surface area contributed by atoms with E-state index in [1.54, 1.807) is 0 Å². The van der Waals surface area contributed by atoms with Crippen molar-refractivity contribution in [2.45, 2.75) is 38.0 Å². The Labute approximate surface area is 180 Å².